The number of nitrogens with one attached hydrogen (secondary N) is 1. The molecule has 0 aliphatic heterocycles. The third kappa shape index (κ3) is 6.41. The van der Waals surface area contributed by atoms with Crippen molar-refractivity contribution < 1.29 is 23.1 Å². The quantitative estimate of drug-likeness (QED) is 0.369. The minimum absolute atomic E-state index is 0.0645. The Bertz CT molecular complexity index is 779. The summed E-state index contributed by atoms with van der Waals surface area (Å²) < 4.78 is 38.0. The predicted octanol–water partition coefficient (Wildman–Crippen LogP) is 5.97. The zero-order chi connectivity index (χ0) is 20.5. The van der Waals surface area contributed by atoms with Gasteiger partial charge >= 0.3 is 0 Å². The molecule has 0 unspecified atom stereocenters. The summed E-state index contributed by atoms with van der Waals surface area (Å²) in [6.07, 6.45) is 6.64. The molecule has 158 valence electrons. The van der Waals surface area contributed by atoms with Crippen LogP contribution in [-0.4, -0.2) is 20.3 Å². The highest BCUT2D eigenvalue weighted by molar-refractivity contribution is 5.57. The molecule has 1 aliphatic carbocycles. The average Bonchev–Trinajstić information content (AvgIpc) is 3.25. The van der Waals surface area contributed by atoms with Gasteiger partial charge in [0.15, 0.2) is 0 Å². The molecule has 4 nitrogen and oxygen atoms in total. The number of hydrogen-bond acceptors (Lipinski definition) is 4. The van der Waals surface area contributed by atoms with Crippen molar-refractivity contribution in [1.82, 2.24) is 0 Å². The SMILES string of the molecule is CONc1cc(C2CCCC2)ccc1OCCCCOCc1cc(F)ccc1F. The first-order valence-corrected chi connectivity index (χ1v) is 10.2. The van der Waals surface area contributed by atoms with Gasteiger partial charge in [0.05, 0.1) is 20.3 Å². The molecule has 0 amide bonds. The van der Waals surface area contributed by atoms with E-state index in [4.69, 9.17) is 14.3 Å². The molecule has 6 heteroatoms. The van der Waals surface area contributed by atoms with Gasteiger partial charge in [0, 0.05) is 12.2 Å². The zero-order valence-corrected chi connectivity index (χ0v) is 16.9. The van der Waals surface area contributed by atoms with Crippen molar-refractivity contribution in [1.29, 1.82) is 0 Å². The van der Waals surface area contributed by atoms with Gasteiger partial charge in [-0.25, -0.2) is 8.78 Å². The normalized spacial score (nSPS) is 14.3. The van der Waals surface area contributed by atoms with E-state index in [1.165, 1.54) is 31.2 Å². The Morgan fingerprint density at radius 2 is 1.79 bits per heavy atom. The Balaban J connectivity index is 1.40. The van der Waals surface area contributed by atoms with Gasteiger partial charge in [-0.05, 0) is 67.5 Å². The van der Waals surface area contributed by atoms with Gasteiger partial charge in [-0.2, -0.15) is 0 Å². The first-order valence-electron chi connectivity index (χ1n) is 10.2. The van der Waals surface area contributed by atoms with E-state index >= 15 is 0 Å². The number of hydrogen-bond donors (Lipinski definition) is 1. The summed E-state index contributed by atoms with van der Waals surface area (Å²) >= 11 is 0. The second-order valence-electron chi connectivity index (χ2n) is 7.39. The van der Waals surface area contributed by atoms with Crippen LogP contribution in [0.1, 0.15) is 55.6 Å². The Morgan fingerprint density at radius 3 is 2.59 bits per heavy atom. The van der Waals surface area contributed by atoms with Crippen LogP contribution in [0.2, 0.25) is 0 Å². The van der Waals surface area contributed by atoms with E-state index in [-0.39, 0.29) is 12.2 Å². The van der Waals surface area contributed by atoms with E-state index in [0.29, 0.717) is 19.1 Å². The Morgan fingerprint density at radius 1 is 1.00 bits per heavy atom. The lowest BCUT2D eigenvalue weighted by Crippen LogP contribution is -2.05. The van der Waals surface area contributed by atoms with Crippen molar-refractivity contribution >= 4 is 5.69 Å². The van der Waals surface area contributed by atoms with E-state index in [1.54, 1.807) is 7.11 Å². The molecule has 2 aromatic rings. The summed E-state index contributed by atoms with van der Waals surface area (Å²) in [6.45, 7) is 1.07. The molecule has 0 spiro atoms. The maximum Gasteiger partial charge on any atom is 0.144 e. The fourth-order valence-corrected chi connectivity index (χ4v) is 3.70. The molecule has 29 heavy (non-hydrogen) atoms. The summed E-state index contributed by atoms with van der Waals surface area (Å²) in [6, 6.07) is 9.64. The molecule has 1 fully saturated rings. The molecule has 1 saturated carbocycles. The molecule has 3 rings (SSSR count). The van der Waals surface area contributed by atoms with Crippen LogP contribution in [0.15, 0.2) is 36.4 Å². The second kappa shape index (κ2) is 11.1. The van der Waals surface area contributed by atoms with Gasteiger partial charge in [-0.15, -0.1) is 0 Å². The number of rotatable bonds is 11. The molecule has 0 saturated heterocycles. The Kier molecular flexibility index (Phi) is 8.25. The third-order valence-corrected chi connectivity index (χ3v) is 5.25. The summed E-state index contributed by atoms with van der Waals surface area (Å²) in [7, 11) is 1.59. The van der Waals surface area contributed by atoms with Crippen molar-refractivity contribution in [3.63, 3.8) is 0 Å². The summed E-state index contributed by atoms with van der Waals surface area (Å²) in [5.41, 5.74) is 5.32. The number of benzene rings is 2. The lowest BCUT2D eigenvalue weighted by atomic mass is 9.97. The van der Waals surface area contributed by atoms with Crippen LogP contribution in [0.4, 0.5) is 14.5 Å². The van der Waals surface area contributed by atoms with E-state index in [2.05, 4.69) is 17.6 Å². The van der Waals surface area contributed by atoms with Crippen LogP contribution in [0.3, 0.4) is 0 Å². The van der Waals surface area contributed by atoms with Crippen molar-refractivity contribution in [2.75, 3.05) is 25.8 Å². The molecular weight excluding hydrogens is 376 g/mol. The van der Waals surface area contributed by atoms with E-state index in [0.717, 1.165) is 42.5 Å². The minimum atomic E-state index is -0.460. The van der Waals surface area contributed by atoms with Crippen LogP contribution in [-0.2, 0) is 16.2 Å². The fraction of sp³-hybridized carbons (Fsp3) is 0.478. The smallest absolute Gasteiger partial charge is 0.144 e. The predicted molar refractivity (Wildman–Crippen MR) is 109 cm³/mol. The van der Waals surface area contributed by atoms with Crippen LogP contribution in [0.5, 0.6) is 5.75 Å². The van der Waals surface area contributed by atoms with E-state index in [1.807, 2.05) is 6.07 Å². The lowest BCUT2D eigenvalue weighted by molar-refractivity contribution is 0.111. The maximum absolute atomic E-state index is 13.5. The molecule has 0 heterocycles. The molecular formula is C23H29F2NO3. The highest BCUT2D eigenvalue weighted by Gasteiger charge is 2.18. The van der Waals surface area contributed by atoms with Crippen molar-refractivity contribution in [3.8, 4) is 5.75 Å². The lowest BCUT2D eigenvalue weighted by Gasteiger charge is -2.16. The molecule has 0 aromatic heterocycles. The Hall–Kier alpha value is -2.18. The van der Waals surface area contributed by atoms with Crippen LogP contribution in [0, 0.1) is 11.6 Å². The average molecular weight is 405 g/mol. The van der Waals surface area contributed by atoms with Crippen molar-refractivity contribution in [2.24, 2.45) is 0 Å². The molecule has 0 atom stereocenters. The van der Waals surface area contributed by atoms with Gasteiger partial charge in [-0.1, -0.05) is 18.9 Å². The van der Waals surface area contributed by atoms with Crippen molar-refractivity contribution in [3.05, 3.63) is 59.2 Å². The van der Waals surface area contributed by atoms with E-state index in [9.17, 15) is 8.78 Å². The van der Waals surface area contributed by atoms with Crippen LogP contribution < -0.4 is 10.2 Å². The van der Waals surface area contributed by atoms with Crippen LogP contribution in [0.25, 0.3) is 0 Å². The summed E-state index contributed by atoms with van der Waals surface area (Å²) in [4.78, 5) is 5.10. The number of halogens is 2. The highest BCUT2D eigenvalue weighted by atomic mass is 19.1. The monoisotopic (exact) mass is 405 g/mol. The van der Waals surface area contributed by atoms with Gasteiger partial charge < -0.3 is 9.47 Å². The number of unbranched alkanes of at least 4 members (excludes halogenated alkanes) is 1. The summed E-state index contributed by atoms with van der Waals surface area (Å²) in [5.74, 6) is 0.477. The van der Waals surface area contributed by atoms with Gasteiger partial charge in [0.1, 0.15) is 23.1 Å². The van der Waals surface area contributed by atoms with Gasteiger partial charge in [-0.3, -0.25) is 10.3 Å². The number of anilines is 1. The highest BCUT2D eigenvalue weighted by Crippen LogP contribution is 2.37. The van der Waals surface area contributed by atoms with E-state index < -0.39 is 11.6 Å². The zero-order valence-electron chi connectivity index (χ0n) is 16.9. The molecule has 1 N–H and O–H groups in total. The molecule has 0 radical (unpaired) electrons. The van der Waals surface area contributed by atoms with Gasteiger partial charge in [0.2, 0.25) is 0 Å². The molecule has 2 aromatic carbocycles. The fourth-order valence-electron chi connectivity index (χ4n) is 3.70. The Labute approximate surface area is 171 Å². The molecule has 1 aliphatic rings. The topological polar surface area (TPSA) is 39.7 Å². The second-order valence-corrected chi connectivity index (χ2v) is 7.39. The summed E-state index contributed by atoms with van der Waals surface area (Å²) in [5, 5.41) is 0. The van der Waals surface area contributed by atoms with Crippen LogP contribution >= 0.6 is 0 Å². The number of ether oxygens (including phenoxy) is 2. The molecule has 0 bridgehead atoms. The minimum Gasteiger partial charge on any atom is -0.491 e. The first-order chi connectivity index (χ1) is 14.2. The van der Waals surface area contributed by atoms with Gasteiger partial charge in [0.25, 0.3) is 0 Å². The third-order valence-electron chi connectivity index (χ3n) is 5.25. The first kappa shape index (κ1) is 21.5. The van der Waals surface area contributed by atoms with Crippen molar-refractivity contribution in [2.45, 2.75) is 51.0 Å². The maximum atomic E-state index is 13.5. The largest absolute Gasteiger partial charge is 0.491 e. The standard InChI is InChI=1S/C23H29F2NO3/c1-27-26-22-15-18(17-6-2-3-7-17)8-11-23(22)29-13-5-4-12-28-16-19-14-20(24)9-10-21(19)25/h8-11,14-15,17,26H,2-7,12-13,16H2,1H3.